The lowest BCUT2D eigenvalue weighted by atomic mass is 10.0. The van der Waals surface area contributed by atoms with Crippen molar-refractivity contribution < 1.29 is 9.18 Å². The molecule has 0 heterocycles. The summed E-state index contributed by atoms with van der Waals surface area (Å²) >= 11 is 1.52. The third-order valence-electron chi connectivity index (χ3n) is 3.12. The van der Waals surface area contributed by atoms with Crippen molar-refractivity contribution in [2.75, 3.05) is 5.75 Å². The standard InChI is InChI=1S/C17H17FOS/c1-12-3-7-17(8-4-12)20-11-16(19)10-14-9-15(18)6-5-13(14)2/h3-9H,10-11H2,1-2H3. The highest BCUT2D eigenvalue weighted by Gasteiger charge is 2.08. The molecule has 0 spiro atoms. The Kier molecular flexibility index (Phi) is 4.96. The van der Waals surface area contributed by atoms with E-state index in [-0.39, 0.29) is 11.6 Å². The van der Waals surface area contributed by atoms with Crippen molar-refractivity contribution in [3.05, 3.63) is 65.0 Å². The van der Waals surface area contributed by atoms with Gasteiger partial charge in [0.2, 0.25) is 0 Å². The molecule has 3 heteroatoms. The van der Waals surface area contributed by atoms with Crippen molar-refractivity contribution in [1.82, 2.24) is 0 Å². The maximum absolute atomic E-state index is 13.2. The molecule has 0 fully saturated rings. The fourth-order valence-corrected chi connectivity index (χ4v) is 2.65. The minimum atomic E-state index is -0.287. The van der Waals surface area contributed by atoms with E-state index in [0.29, 0.717) is 12.2 Å². The minimum Gasteiger partial charge on any atom is -0.298 e. The Bertz CT molecular complexity index is 605. The van der Waals surface area contributed by atoms with Crippen molar-refractivity contribution in [2.45, 2.75) is 25.2 Å². The molecule has 0 bridgehead atoms. The highest BCUT2D eigenvalue weighted by Crippen LogP contribution is 2.19. The van der Waals surface area contributed by atoms with Gasteiger partial charge in [-0.15, -0.1) is 11.8 Å². The third-order valence-corrected chi connectivity index (χ3v) is 4.19. The van der Waals surface area contributed by atoms with Crippen LogP contribution in [0.5, 0.6) is 0 Å². The Morgan fingerprint density at radius 3 is 2.50 bits per heavy atom. The van der Waals surface area contributed by atoms with Gasteiger partial charge in [0.05, 0.1) is 5.75 Å². The Morgan fingerprint density at radius 2 is 1.80 bits per heavy atom. The van der Waals surface area contributed by atoms with E-state index < -0.39 is 0 Å². The lowest BCUT2D eigenvalue weighted by Gasteiger charge is -2.06. The predicted molar refractivity (Wildman–Crippen MR) is 81.8 cm³/mol. The van der Waals surface area contributed by atoms with E-state index in [4.69, 9.17) is 0 Å². The summed E-state index contributed by atoms with van der Waals surface area (Å²) in [4.78, 5) is 13.1. The lowest BCUT2D eigenvalue weighted by Crippen LogP contribution is -2.07. The second-order valence-corrected chi connectivity index (χ2v) is 5.94. The zero-order valence-corrected chi connectivity index (χ0v) is 12.5. The highest BCUT2D eigenvalue weighted by atomic mass is 32.2. The van der Waals surface area contributed by atoms with Crippen LogP contribution in [-0.2, 0) is 11.2 Å². The van der Waals surface area contributed by atoms with Crippen LogP contribution in [0.2, 0.25) is 0 Å². The first-order valence-electron chi connectivity index (χ1n) is 6.51. The Hall–Kier alpha value is -1.61. The normalized spacial score (nSPS) is 10.6. The molecule has 0 saturated carbocycles. The van der Waals surface area contributed by atoms with Crippen LogP contribution in [-0.4, -0.2) is 11.5 Å². The lowest BCUT2D eigenvalue weighted by molar-refractivity contribution is -0.116. The first kappa shape index (κ1) is 14.8. The summed E-state index contributed by atoms with van der Waals surface area (Å²) < 4.78 is 13.2. The summed E-state index contributed by atoms with van der Waals surface area (Å²) in [6, 6.07) is 12.7. The van der Waals surface area contributed by atoms with Gasteiger partial charge in [-0.2, -0.15) is 0 Å². The number of aryl methyl sites for hydroxylation is 2. The van der Waals surface area contributed by atoms with E-state index in [1.807, 2.05) is 38.1 Å². The topological polar surface area (TPSA) is 17.1 Å². The van der Waals surface area contributed by atoms with Gasteiger partial charge in [-0.3, -0.25) is 4.79 Å². The Morgan fingerprint density at radius 1 is 1.10 bits per heavy atom. The van der Waals surface area contributed by atoms with E-state index in [2.05, 4.69) is 0 Å². The molecule has 0 unspecified atom stereocenters. The molecule has 0 radical (unpaired) electrons. The second-order valence-electron chi connectivity index (χ2n) is 4.89. The molecule has 1 nitrogen and oxygen atoms in total. The molecular weight excluding hydrogens is 271 g/mol. The monoisotopic (exact) mass is 288 g/mol. The van der Waals surface area contributed by atoms with Gasteiger partial charge in [0.15, 0.2) is 0 Å². The number of carbonyl (C=O) groups is 1. The van der Waals surface area contributed by atoms with E-state index >= 15 is 0 Å². The van der Waals surface area contributed by atoms with Gasteiger partial charge >= 0.3 is 0 Å². The zero-order valence-electron chi connectivity index (χ0n) is 11.7. The minimum absolute atomic E-state index is 0.115. The molecule has 0 aliphatic rings. The van der Waals surface area contributed by atoms with Gasteiger partial charge in [-0.1, -0.05) is 23.8 Å². The molecule has 0 amide bonds. The van der Waals surface area contributed by atoms with Crippen LogP contribution in [0.3, 0.4) is 0 Å². The number of Topliss-reactive ketones (excluding diaryl/α,β-unsaturated/α-hetero) is 1. The summed E-state index contributed by atoms with van der Waals surface area (Å²) in [7, 11) is 0. The number of carbonyl (C=O) groups excluding carboxylic acids is 1. The SMILES string of the molecule is Cc1ccc(SCC(=O)Cc2cc(F)ccc2C)cc1. The van der Waals surface area contributed by atoms with E-state index in [0.717, 1.165) is 16.0 Å². The van der Waals surface area contributed by atoms with Gasteiger partial charge in [0, 0.05) is 11.3 Å². The number of halogens is 1. The molecule has 2 rings (SSSR count). The smallest absolute Gasteiger partial charge is 0.147 e. The van der Waals surface area contributed by atoms with Crippen LogP contribution in [0.1, 0.15) is 16.7 Å². The number of hydrogen-bond acceptors (Lipinski definition) is 2. The zero-order chi connectivity index (χ0) is 14.5. The van der Waals surface area contributed by atoms with E-state index in [1.165, 1.54) is 29.5 Å². The van der Waals surface area contributed by atoms with Crippen LogP contribution in [0.15, 0.2) is 47.4 Å². The number of hydrogen-bond donors (Lipinski definition) is 0. The van der Waals surface area contributed by atoms with Gasteiger partial charge in [0.25, 0.3) is 0 Å². The molecule has 0 aliphatic heterocycles. The van der Waals surface area contributed by atoms with Crippen LogP contribution >= 0.6 is 11.8 Å². The van der Waals surface area contributed by atoms with Crippen LogP contribution < -0.4 is 0 Å². The maximum Gasteiger partial charge on any atom is 0.147 e. The Balaban J connectivity index is 1.92. The van der Waals surface area contributed by atoms with Gasteiger partial charge in [0.1, 0.15) is 11.6 Å². The number of benzene rings is 2. The molecule has 0 atom stereocenters. The van der Waals surface area contributed by atoms with Crippen LogP contribution in [0.25, 0.3) is 0 Å². The third kappa shape index (κ3) is 4.20. The fraction of sp³-hybridized carbons (Fsp3) is 0.235. The molecular formula is C17H17FOS. The summed E-state index contributed by atoms with van der Waals surface area (Å²) in [5.74, 6) is 0.243. The second kappa shape index (κ2) is 6.71. The van der Waals surface area contributed by atoms with Gasteiger partial charge in [-0.25, -0.2) is 4.39 Å². The summed E-state index contributed by atoms with van der Waals surface area (Å²) in [6.07, 6.45) is 0.294. The van der Waals surface area contributed by atoms with Gasteiger partial charge in [-0.05, 0) is 49.2 Å². The average molecular weight is 288 g/mol. The van der Waals surface area contributed by atoms with Crippen molar-refractivity contribution in [3.63, 3.8) is 0 Å². The number of rotatable bonds is 5. The summed E-state index contributed by atoms with van der Waals surface area (Å²) in [5.41, 5.74) is 2.94. The first-order valence-corrected chi connectivity index (χ1v) is 7.49. The van der Waals surface area contributed by atoms with E-state index in [9.17, 15) is 9.18 Å². The molecule has 0 saturated heterocycles. The van der Waals surface area contributed by atoms with Crippen molar-refractivity contribution in [1.29, 1.82) is 0 Å². The largest absolute Gasteiger partial charge is 0.298 e. The average Bonchev–Trinajstić information content (AvgIpc) is 2.42. The van der Waals surface area contributed by atoms with Crippen molar-refractivity contribution in [2.24, 2.45) is 0 Å². The summed E-state index contributed by atoms with van der Waals surface area (Å²) in [5, 5.41) is 0. The first-order chi connectivity index (χ1) is 9.54. The quantitative estimate of drug-likeness (QED) is 0.761. The number of ketones is 1. The molecule has 104 valence electrons. The van der Waals surface area contributed by atoms with Crippen LogP contribution in [0.4, 0.5) is 4.39 Å². The van der Waals surface area contributed by atoms with E-state index in [1.54, 1.807) is 6.07 Å². The maximum atomic E-state index is 13.2. The Labute approximate surface area is 123 Å². The highest BCUT2D eigenvalue weighted by molar-refractivity contribution is 8.00. The number of thioether (sulfide) groups is 1. The molecule has 2 aromatic rings. The molecule has 0 aromatic heterocycles. The molecule has 0 N–H and O–H groups in total. The molecule has 0 aliphatic carbocycles. The summed E-state index contributed by atoms with van der Waals surface area (Å²) in [6.45, 7) is 3.93. The predicted octanol–water partition coefficient (Wildman–Crippen LogP) is 4.35. The fourth-order valence-electron chi connectivity index (χ4n) is 1.89. The van der Waals surface area contributed by atoms with Crippen LogP contribution in [0, 0.1) is 19.7 Å². The van der Waals surface area contributed by atoms with Crippen molar-refractivity contribution in [3.8, 4) is 0 Å². The molecule has 2 aromatic carbocycles. The van der Waals surface area contributed by atoms with Gasteiger partial charge < -0.3 is 0 Å². The van der Waals surface area contributed by atoms with Crippen molar-refractivity contribution >= 4 is 17.5 Å². The molecule has 20 heavy (non-hydrogen) atoms.